The molecule has 1 heteroatoms. The van der Waals surface area contributed by atoms with Crippen molar-refractivity contribution < 1.29 is 4.74 Å². The number of rotatable bonds is 8. The maximum Gasteiger partial charge on any atom is 0.0681 e. The molecule has 0 heterocycles. The Labute approximate surface area is 189 Å². The molecule has 4 rings (SSSR count). The lowest BCUT2D eigenvalue weighted by Crippen LogP contribution is -2.11. The third-order valence-corrected chi connectivity index (χ3v) is 7.30. The highest BCUT2D eigenvalue weighted by atomic mass is 16.5. The summed E-state index contributed by atoms with van der Waals surface area (Å²) in [7, 11) is 0. The highest BCUT2D eigenvalue weighted by Gasteiger charge is 2.18. The standard InChI is InChI=1S/C30H38O/c1-3-23-5-13-27(14-6-23)29-17-9-25(10-18-29)21-31-22-26-11-19-30(20-12-26)28-15-7-24(4-2)8-16-28/h5-9,11,13-16,29-30H,3-4,10,12,17-22H2,1-2H3. The molecule has 0 aromatic heterocycles. The Balaban J connectivity index is 1.20. The second-order valence-electron chi connectivity index (χ2n) is 9.35. The SMILES string of the molecule is CCc1ccc(C2CC=C(COCC3=CCC(c4ccc(CC)cc4)CC3)CC2)cc1. The zero-order chi connectivity index (χ0) is 21.5. The second kappa shape index (κ2) is 11.0. The van der Waals surface area contributed by atoms with Gasteiger partial charge in [-0.1, -0.05) is 74.5 Å². The first-order valence-corrected chi connectivity index (χ1v) is 12.4. The molecule has 31 heavy (non-hydrogen) atoms. The third-order valence-electron chi connectivity index (χ3n) is 7.30. The van der Waals surface area contributed by atoms with Crippen LogP contribution in [0.15, 0.2) is 71.8 Å². The summed E-state index contributed by atoms with van der Waals surface area (Å²) in [5.74, 6) is 1.36. The van der Waals surface area contributed by atoms with Crippen LogP contribution < -0.4 is 0 Å². The summed E-state index contributed by atoms with van der Waals surface area (Å²) < 4.78 is 6.12. The van der Waals surface area contributed by atoms with Gasteiger partial charge >= 0.3 is 0 Å². The van der Waals surface area contributed by atoms with Crippen LogP contribution in [-0.4, -0.2) is 13.2 Å². The lowest BCUT2D eigenvalue weighted by molar-refractivity contribution is 0.172. The molecule has 0 bridgehead atoms. The fraction of sp³-hybridized carbons (Fsp3) is 0.467. The minimum Gasteiger partial charge on any atom is -0.373 e. The van der Waals surface area contributed by atoms with Crippen molar-refractivity contribution in [3.05, 3.63) is 94.1 Å². The zero-order valence-electron chi connectivity index (χ0n) is 19.4. The summed E-state index contributed by atoms with van der Waals surface area (Å²) in [5, 5.41) is 0. The van der Waals surface area contributed by atoms with Crippen molar-refractivity contribution in [1.29, 1.82) is 0 Å². The topological polar surface area (TPSA) is 9.23 Å². The number of hydrogen-bond acceptors (Lipinski definition) is 1. The molecule has 0 saturated carbocycles. The predicted octanol–water partition coefficient (Wildman–Crippen LogP) is 7.92. The smallest absolute Gasteiger partial charge is 0.0681 e. The van der Waals surface area contributed by atoms with E-state index in [0.717, 1.165) is 38.9 Å². The van der Waals surface area contributed by atoms with E-state index in [1.807, 2.05) is 0 Å². The Bertz CT molecular complexity index is 810. The van der Waals surface area contributed by atoms with Crippen LogP contribution in [0.2, 0.25) is 0 Å². The van der Waals surface area contributed by atoms with Crippen molar-refractivity contribution in [2.45, 2.75) is 77.0 Å². The molecule has 0 radical (unpaired) electrons. The molecule has 2 aromatic rings. The summed E-state index contributed by atoms with van der Waals surface area (Å²) in [6, 6.07) is 18.5. The lowest BCUT2D eigenvalue weighted by Gasteiger charge is -2.24. The highest BCUT2D eigenvalue weighted by Crippen LogP contribution is 2.34. The van der Waals surface area contributed by atoms with E-state index in [-0.39, 0.29) is 0 Å². The van der Waals surface area contributed by atoms with Gasteiger partial charge in [0.15, 0.2) is 0 Å². The van der Waals surface area contributed by atoms with Gasteiger partial charge in [-0.05, 0) is 96.6 Å². The van der Waals surface area contributed by atoms with E-state index < -0.39 is 0 Å². The van der Waals surface area contributed by atoms with Crippen LogP contribution >= 0.6 is 0 Å². The Kier molecular flexibility index (Phi) is 7.81. The Morgan fingerprint density at radius 2 is 1.06 bits per heavy atom. The number of hydrogen-bond donors (Lipinski definition) is 0. The van der Waals surface area contributed by atoms with Gasteiger partial charge in [0.05, 0.1) is 13.2 Å². The zero-order valence-corrected chi connectivity index (χ0v) is 19.4. The molecular formula is C30H38O. The van der Waals surface area contributed by atoms with Crippen molar-refractivity contribution in [2.75, 3.05) is 13.2 Å². The van der Waals surface area contributed by atoms with Gasteiger partial charge in [0.2, 0.25) is 0 Å². The fourth-order valence-electron chi connectivity index (χ4n) is 5.01. The fourth-order valence-corrected chi connectivity index (χ4v) is 5.01. The molecule has 164 valence electrons. The second-order valence-corrected chi connectivity index (χ2v) is 9.35. The van der Waals surface area contributed by atoms with E-state index in [1.165, 1.54) is 59.1 Å². The van der Waals surface area contributed by atoms with Gasteiger partial charge in [0, 0.05) is 0 Å². The minimum absolute atomic E-state index is 0.680. The Morgan fingerprint density at radius 3 is 1.39 bits per heavy atom. The molecule has 2 aromatic carbocycles. The Morgan fingerprint density at radius 1 is 0.645 bits per heavy atom. The van der Waals surface area contributed by atoms with E-state index in [9.17, 15) is 0 Å². The maximum atomic E-state index is 6.12. The predicted molar refractivity (Wildman–Crippen MR) is 132 cm³/mol. The molecule has 2 aliphatic carbocycles. The first-order valence-electron chi connectivity index (χ1n) is 12.4. The van der Waals surface area contributed by atoms with Crippen molar-refractivity contribution in [3.8, 4) is 0 Å². The highest BCUT2D eigenvalue weighted by molar-refractivity contribution is 5.29. The van der Waals surface area contributed by atoms with Crippen LogP contribution in [0.25, 0.3) is 0 Å². The van der Waals surface area contributed by atoms with Gasteiger partial charge in [-0.15, -0.1) is 0 Å². The number of aryl methyl sites for hydroxylation is 2. The molecule has 0 N–H and O–H groups in total. The molecule has 2 atom stereocenters. The van der Waals surface area contributed by atoms with Gasteiger partial charge in [0.1, 0.15) is 0 Å². The summed E-state index contributed by atoms with van der Waals surface area (Å²) in [6.07, 6.45) is 14.3. The first kappa shape index (κ1) is 22.1. The molecule has 2 unspecified atom stereocenters. The van der Waals surface area contributed by atoms with Crippen molar-refractivity contribution in [2.24, 2.45) is 0 Å². The normalized spacial score (nSPS) is 21.5. The average Bonchev–Trinajstić information content (AvgIpc) is 2.85. The van der Waals surface area contributed by atoms with Crippen LogP contribution in [0.1, 0.15) is 86.5 Å². The summed E-state index contributed by atoms with van der Waals surface area (Å²) in [5.41, 5.74) is 8.85. The van der Waals surface area contributed by atoms with E-state index in [1.54, 1.807) is 0 Å². The third kappa shape index (κ3) is 5.98. The first-order chi connectivity index (χ1) is 15.2. The average molecular weight is 415 g/mol. The van der Waals surface area contributed by atoms with E-state index in [4.69, 9.17) is 4.74 Å². The molecular weight excluding hydrogens is 376 g/mol. The van der Waals surface area contributed by atoms with Gasteiger partial charge in [0.25, 0.3) is 0 Å². The van der Waals surface area contributed by atoms with Gasteiger partial charge in [-0.25, -0.2) is 0 Å². The van der Waals surface area contributed by atoms with Crippen LogP contribution in [0.3, 0.4) is 0 Å². The maximum absolute atomic E-state index is 6.12. The van der Waals surface area contributed by atoms with E-state index >= 15 is 0 Å². The summed E-state index contributed by atoms with van der Waals surface area (Å²) in [6.45, 7) is 6.05. The Hall–Kier alpha value is -2.12. The van der Waals surface area contributed by atoms with Gasteiger partial charge < -0.3 is 4.74 Å². The lowest BCUT2D eigenvalue weighted by atomic mass is 9.84. The van der Waals surface area contributed by atoms with Gasteiger partial charge in [-0.2, -0.15) is 0 Å². The minimum atomic E-state index is 0.680. The largest absolute Gasteiger partial charge is 0.373 e. The quantitative estimate of drug-likeness (QED) is 0.399. The molecule has 0 fully saturated rings. The number of allylic oxidation sites excluding steroid dienone is 2. The van der Waals surface area contributed by atoms with Crippen LogP contribution in [0, 0.1) is 0 Å². The molecule has 1 nitrogen and oxygen atoms in total. The molecule has 0 amide bonds. The van der Waals surface area contributed by atoms with E-state index in [0.29, 0.717) is 11.8 Å². The van der Waals surface area contributed by atoms with Crippen molar-refractivity contribution in [1.82, 2.24) is 0 Å². The number of benzene rings is 2. The van der Waals surface area contributed by atoms with Crippen LogP contribution in [-0.2, 0) is 17.6 Å². The van der Waals surface area contributed by atoms with Crippen LogP contribution in [0.5, 0.6) is 0 Å². The summed E-state index contributed by atoms with van der Waals surface area (Å²) >= 11 is 0. The van der Waals surface area contributed by atoms with Crippen molar-refractivity contribution in [3.63, 3.8) is 0 Å². The van der Waals surface area contributed by atoms with Crippen molar-refractivity contribution >= 4 is 0 Å². The molecule has 0 saturated heterocycles. The van der Waals surface area contributed by atoms with Gasteiger partial charge in [-0.3, -0.25) is 0 Å². The molecule has 2 aliphatic rings. The molecule has 0 aliphatic heterocycles. The van der Waals surface area contributed by atoms with E-state index in [2.05, 4.69) is 74.5 Å². The number of ether oxygens (including phenoxy) is 1. The summed E-state index contributed by atoms with van der Waals surface area (Å²) in [4.78, 5) is 0. The monoisotopic (exact) mass is 414 g/mol. The van der Waals surface area contributed by atoms with Crippen LogP contribution in [0.4, 0.5) is 0 Å². The molecule has 0 spiro atoms.